The predicted octanol–water partition coefficient (Wildman–Crippen LogP) is 1.76. The van der Waals surface area contributed by atoms with Crippen molar-refractivity contribution in [2.75, 3.05) is 6.54 Å². The van der Waals surface area contributed by atoms with Gasteiger partial charge in [-0.05, 0) is 18.4 Å². The minimum absolute atomic E-state index is 0.0375. The second-order valence-electron chi connectivity index (χ2n) is 4.96. The first-order valence-corrected chi connectivity index (χ1v) is 6.60. The minimum Gasteiger partial charge on any atom is -0.393 e. The van der Waals surface area contributed by atoms with Crippen LogP contribution in [0.15, 0.2) is 30.3 Å². The van der Waals surface area contributed by atoms with Gasteiger partial charge in [-0.2, -0.15) is 0 Å². The maximum absolute atomic E-state index is 12.3. The summed E-state index contributed by atoms with van der Waals surface area (Å²) in [6.45, 7) is 2.44. The molecule has 0 radical (unpaired) electrons. The van der Waals surface area contributed by atoms with E-state index in [4.69, 9.17) is 18.0 Å². The van der Waals surface area contributed by atoms with Gasteiger partial charge in [-0.15, -0.1) is 0 Å². The molecular weight excluding hydrogens is 244 g/mol. The Balaban J connectivity index is 2.00. The standard InChI is InChI=1S/C14H18N2OS/c1-10(12(15)18)9-16-13(17)14(7-8-14)11-5-3-2-4-6-11/h2-6,10H,7-9H2,1H3,(H2,15,18)(H,16,17). The fourth-order valence-corrected chi connectivity index (χ4v) is 2.13. The molecule has 1 fully saturated rings. The number of hydrogen-bond acceptors (Lipinski definition) is 2. The summed E-state index contributed by atoms with van der Waals surface area (Å²) in [6.07, 6.45) is 1.84. The predicted molar refractivity (Wildman–Crippen MR) is 76.3 cm³/mol. The Hall–Kier alpha value is -1.42. The van der Waals surface area contributed by atoms with E-state index in [1.165, 1.54) is 0 Å². The van der Waals surface area contributed by atoms with Crippen molar-refractivity contribution in [3.63, 3.8) is 0 Å². The monoisotopic (exact) mass is 262 g/mol. The molecule has 96 valence electrons. The van der Waals surface area contributed by atoms with Gasteiger partial charge in [0.25, 0.3) is 0 Å². The Kier molecular flexibility index (Phi) is 3.66. The average Bonchev–Trinajstić information content (AvgIpc) is 3.18. The van der Waals surface area contributed by atoms with E-state index in [0.29, 0.717) is 11.5 Å². The number of rotatable bonds is 5. The lowest BCUT2D eigenvalue weighted by molar-refractivity contribution is -0.123. The average molecular weight is 262 g/mol. The second-order valence-corrected chi connectivity index (χ2v) is 5.43. The molecular formula is C14H18N2OS. The lowest BCUT2D eigenvalue weighted by Gasteiger charge is -2.17. The highest BCUT2D eigenvalue weighted by molar-refractivity contribution is 7.80. The van der Waals surface area contributed by atoms with Gasteiger partial charge in [0.1, 0.15) is 0 Å². The Morgan fingerprint density at radius 1 is 1.44 bits per heavy atom. The molecule has 1 aromatic carbocycles. The summed E-state index contributed by atoms with van der Waals surface area (Å²) in [7, 11) is 0. The fourth-order valence-electron chi connectivity index (χ4n) is 2.04. The van der Waals surface area contributed by atoms with Gasteiger partial charge in [0.05, 0.1) is 10.4 Å². The van der Waals surface area contributed by atoms with Crippen molar-refractivity contribution in [2.45, 2.75) is 25.2 Å². The van der Waals surface area contributed by atoms with Gasteiger partial charge in [0.2, 0.25) is 5.91 Å². The molecule has 1 aliphatic carbocycles. The highest BCUT2D eigenvalue weighted by Gasteiger charge is 2.50. The van der Waals surface area contributed by atoms with Crippen LogP contribution >= 0.6 is 12.2 Å². The zero-order chi connectivity index (χ0) is 13.2. The highest BCUT2D eigenvalue weighted by Crippen LogP contribution is 2.48. The minimum atomic E-state index is -0.308. The molecule has 1 saturated carbocycles. The van der Waals surface area contributed by atoms with Crippen LogP contribution in [0.1, 0.15) is 25.3 Å². The summed E-state index contributed by atoms with van der Waals surface area (Å²) in [6, 6.07) is 9.94. The Morgan fingerprint density at radius 3 is 2.56 bits per heavy atom. The van der Waals surface area contributed by atoms with E-state index < -0.39 is 0 Å². The molecule has 1 aromatic rings. The summed E-state index contributed by atoms with van der Waals surface area (Å²) in [5, 5.41) is 2.96. The molecule has 0 bridgehead atoms. The maximum atomic E-state index is 12.3. The number of carbonyl (C=O) groups is 1. The number of thiocarbonyl (C=S) groups is 1. The first-order valence-electron chi connectivity index (χ1n) is 6.19. The molecule has 1 atom stereocenters. The van der Waals surface area contributed by atoms with Crippen LogP contribution in [0, 0.1) is 5.92 Å². The zero-order valence-corrected chi connectivity index (χ0v) is 11.3. The Morgan fingerprint density at radius 2 is 2.06 bits per heavy atom. The van der Waals surface area contributed by atoms with E-state index in [9.17, 15) is 4.79 Å². The topological polar surface area (TPSA) is 55.1 Å². The Bertz CT molecular complexity index is 454. The summed E-state index contributed by atoms with van der Waals surface area (Å²) >= 11 is 4.90. The first kappa shape index (κ1) is 13.0. The number of amides is 1. The Labute approximate surface area is 113 Å². The SMILES string of the molecule is CC(CNC(=O)C1(c2ccccc2)CC1)C(N)=S. The van der Waals surface area contributed by atoms with Crippen molar-refractivity contribution in [1.82, 2.24) is 5.32 Å². The quantitative estimate of drug-likeness (QED) is 0.795. The number of carbonyl (C=O) groups excluding carboxylic acids is 1. The number of hydrogen-bond donors (Lipinski definition) is 2. The zero-order valence-electron chi connectivity index (χ0n) is 10.5. The van der Waals surface area contributed by atoms with Gasteiger partial charge >= 0.3 is 0 Å². The molecule has 0 aliphatic heterocycles. The van der Waals surface area contributed by atoms with Crippen molar-refractivity contribution in [2.24, 2.45) is 11.7 Å². The molecule has 0 saturated heterocycles. The van der Waals surface area contributed by atoms with E-state index in [1.807, 2.05) is 37.3 Å². The fraction of sp³-hybridized carbons (Fsp3) is 0.429. The van der Waals surface area contributed by atoms with Crippen LogP contribution in [0.2, 0.25) is 0 Å². The van der Waals surface area contributed by atoms with Gasteiger partial charge < -0.3 is 11.1 Å². The van der Waals surface area contributed by atoms with E-state index in [-0.39, 0.29) is 17.2 Å². The number of nitrogens with one attached hydrogen (secondary N) is 1. The third-order valence-electron chi connectivity index (χ3n) is 3.57. The first-order chi connectivity index (χ1) is 8.56. The molecule has 3 nitrogen and oxygen atoms in total. The molecule has 18 heavy (non-hydrogen) atoms. The molecule has 2 rings (SSSR count). The van der Waals surface area contributed by atoms with Crippen LogP contribution < -0.4 is 11.1 Å². The van der Waals surface area contributed by atoms with E-state index >= 15 is 0 Å². The smallest absolute Gasteiger partial charge is 0.230 e. The summed E-state index contributed by atoms with van der Waals surface area (Å²) in [5.74, 6) is 0.132. The van der Waals surface area contributed by atoms with Gasteiger partial charge in [-0.1, -0.05) is 49.5 Å². The summed E-state index contributed by atoms with van der Waals surface area (Å²) in [5.41, 5.74) is 6.33. The summed E-state index contributed by atoms with van der Waals surface area (Å²) < 4.78 is 0. The largest absolute Gasteiger partial charge is 0.393 e. The molecule has 1 unspecified atom stereocenters. The molecule has 3 N–H and O–H groups in total. The van der Waals surface area contributed by atoms with Crippen molar-refractivity contribution in [3.05, 3.63) is 35.9 Å². The van der Waals surface area contributed by atoms with Crippen LogP contribution in [-0.2, 0) is 10.2 Å². The molecule has 4 heteroatoms. The number of benzene rings is 1. The van der Waals surface area contributed by atoms with Gasteiger partial charge in [-0.25, -0.2) is 0 Å². The lowest BCUT2D eigenvalue weighted by Crippen LogP contribution is -2.39. The number of nitrogens with two attached hydrogens (primary N) is 1. The van der Waals surface area contributed by atoms with Gasteiger partial charge in [0, 0.05) is 12.5 Å². The van der Waals surface area contributed by atoms with E-state index in [0.717, 1.165) is 18.4 Å². The van der Waals surface area contributed by atoms with Crippen molar-refractivity contribution in [3.8, 4) is 0 Å². The van der Waals surface area contributed by atoms with Gasteiger partial charge in [-0.3, -0.25) is 4.79 Å². The van der Waals surface area contributed by atoms with Crippen LogP contribution in [-0.4, -0.2) is 17.4 Å². The van der Waals surface area contributed by atoms with E-state index in [2.05, 4.69) is 5.32 Å². The third kappa shape index (κ3) is 2.53. The molecule has 1 aliphatic rings. The third-order valence-corrected chi connectivity index (χ3v) is 3.97. The molecule has 0 heterocycles. The molecule has 0 spiro atoms. The van der Waals surface area contributed by atoms with E-state index in [1.54, 1.807) is 0 Å². The van der Waals surface area contributed by atoms with Gasteiger partial charge in [0.15, 0.2) is 0 Å². The van der Waals surface area contributed by atoms with Crippen LogP contribution in [0.4, 0.5) is 0 Å². The second kappa shape index (κ2) is 5.06. The van der Waals surface area contributed by atoms with Crippen molar-refractivity contribution >= 4 is 23.1 Å². The highest BCUT2D eigenvalue weighted by atomic mass is 32.1. The van der Waals surface area contributed by atoms with Crippen molar-refractivity contribution < 1.29 is 4.79 Å². The molecule has 0 aromatic heterocycles. The van der Waals surface area contributed by atoms with Crippen molar-refractivity contribution in [1.29, 1.82) is 0 Å². The maximum Gasteiger partial charge on any atom is 0.230 e. The van der Waals surface area contributed by atoms with Crippen LogP contribution in [0.25, 0.3) is 0 Å². The summed E-state index contributed by atoms with van der Waals surface area (Å²) in [4.78, 5) is 12.7. The normalized spacial score (nSPS) is 17.8. The van der Waals surface area contributed by atoms with Crippen LogP contribution in [0.5, 0.6) is 0 Å². The lowest BCUT2D eigenvalue weighted by atomic mass is 9.95. The molecule has 1 amide bonds. The van der Waals surface area contributed by atoms with Crippen LogP contribution in [0.3, 0.4) is 0 Å².